The molecule has 1 saturated heterocycles. The molecule has 0 bridgehead atoms. The first-order valence-corrected chi connectivity index (χ1v) is 6.01. The minimum Gasteiger partial charge on any atom is -0.358 e. The molecule has 0 aromatic rings. The quantitative estimate of drug-likeness (QED) is 0.629. The lowest BCUT2D eigenvalue weighted by molar-refractivity contribution is -0.132. The van der Waals surface area contributed by atoms with Gasteiger partial charge >= 0.3 is 0 Å². The molecule has 6 nitrogen and oxygen atoms in total. The van der Waals surface area contributed by atoms with Gasteiger partial charge in [-0.15, -0.1) is 0 Å². The third-order valence-corrected chi connectivity index (χ3v) is 2.79. The van der Waals surface area contributed by atoms with E-state index in [-0.39, 0.29) is 18.4 Å². The van der Waals surface area contributed by atoms with Gasteiger partial charge in [0.15, 0.2) is 0 Å². The summed E-state index contributed by atoms with van der Waals surface area (Å²) >= 11 is 0. The predicted octanol–water partition coefficient (Wildman–Crippen LogP) is -1.51. The van der Waals surface area contributed by atoms with Gasteiger partial charge in [-0.25, -0.2) is 0 Å². The number of hydrogen-bond donors (Lipinski definition) is 2. The summed E-state index contributed by atoms with van der Waals surface area (Å²) in [6.07, 6.45) is 0.991. The second-order valence-electron chi connectivity index (χ2n) is 4.33. The fourth-order valence-electron chi connectivity index (χ4n) is 1.81. The van der Waals surface area contributed by atoms with Crippen molar-refractivity contribution in [2.75, 3.05) is 53.4 Å². The molecule has 0 aromatic carbocycles. The molecule has 1 fully saturated rings. The number of carbonyl (C=O) groups is 2. The normalized spacial score (nSPS) is 16.8. The molecular formula is C11H22N4O2. The summed E-state index contributed by atoms with van der Waals surface area (Å²) < 4.78 is 0. The van der Waals surface area contributed by atoms with E-state index in [0.717, 1.165) is 32.6 Å². The van der Waals surface area contributed by atoms with Crippen LogP contribution in [0.25, 0.3) is 0 Å². The Hall–Kier alpha value is -1.14. The minimum absolute atomic E-state index is 0.0715. The van der Waals surface area contributed by atoms with Crippen molar-refractivity contribution in [1.82, 2.24) is 20.4 Å². The maximum atomic E-state index is 12.0. The molecule has 1 aliphatic rings. The van der Waals surface area contributed by atoms with E-state index < -0.39 is 0 Å². The first-order chi connectivity index (χ1) is 8.13. The van der Waals surface area contributed by atoms with Crippen molar-refractivity contribution in [2.45, 2.75) is 6.42 Å². The van der Waals surface area contributed by atoms with E-state index >= 15 is 0 Å². The standard InChI is InChI=1S/C11H22N4O2/c1-12-10(16)8-14(2)9-11(17)15-6-3-4-13-5-7-15/h13H,3-9H2,1-2H3,(H,12,16). The molecular weight excluding hydrogens is 220 g/mol. The topological polar surface area (TPSA) is 64.7 Å². The molecule has 17 heavy (non-hydrogen) atoms. The van der Waals surface area contributed by atoms with Crippen LogP contribution >= 0.6 is 0 Å². The number of hydrogen-bond acceptors (Lipinski definition) is 4. The molecule has 0 atom stereocenters. The van der Waals surface area contributed by atoms with Crippen LogP contribution in [0, 0.1) is 0 Å². The summed E-state index contributed by atoms with van der Waals surface area (Å²) in [5, 5.41) is 5.80. The fraction of sp³-hybridized carbons (Fsp3) is 0.818. The van der Waals surface area contributed by atoms with Crippen molar-refractivity contribution in [2.24, 2.45) is 0 Å². The van der Waals surface area contributed by atoms with Crippen molar-refractivity contribution in [1.29, 1.82) is 0 Å². The Morgan fingerprint density at radius 1 is 1.29 bits per heavy atom. The molecule has 6 heteroatoms. The highest BCUT2D eigenvalue weighted by Gasteiger charge is 2.17. The van der Waals surface area contributed by atoms with Crippen molar-refractivity contribution in [3.05, 3.63) is 0 Å². The molecule has 1 aliphatic heterocycles. The second kappa shape index (κ2) is 7.24. The summed E-state index contributed by atoms with van der Waals surface area (Å²) in [6.45, 7) is 3.94. The molecule has 2 amide bonds. The fourth-order valence-corrected chi connectivity index (χ4v) is 1.81. The van der Waals surface area contributed by atoms with Crippen LogP contribution in [0.1, 0.15) is 6.42 Å². The van der Waals surface area contributed by atoms with Gasteiger partial charge in [0.1, 0.15) is 0 Å². The molecule has 98 valence electrons. The van der Waals surface area contributed by atoms with Crippen LogP contribution in [0.5, 0.6) is 0 Å². The predicted molar refractivity (Wildman–Crippen MR) is 65.6 cm³/mol. The Labute approximate surface area is 102 Å². The maximum absolute atomic E-state index is 12.0. The first-order valence-electron chi connectivity index (χ1n) is 6.01. The zero-order valence-corrected chi connectivity index (χ0v) is 10.7. The van der Waals surface area contributed by atoms with Gasteiger partial charge < -0.3 is 15.5 Å². The number of rotatable bonds is 4. The monoisotopic (exact) mass is 242 g/mol. The van der Waals surface area contributed by atoms with Crippen LogP contribution in [0.4, 0.5) is 0 Å². The number of amides is 2. The van der Waals surface area contributed by atoms with Gasteiger partial charge in [0.25, 0.3) is 0 Å². The number of likely N-dealkylation sites (N-methyl/N-ethyl adjacent to an activating group) is 2. The zero-order valence-electron chi connectivity index (χ0n) is 10.7. The highest BCUT2D eigenvalue weighted by atomic mass is 16.2. The largest absolute Gasteiger partial charge is 0.358 e. The molecule has 0 aromatic heterocycles. The third-order valence-electron chi connectivity index (χ3n) is 2.79. The van der Waals surface area contributed by atoms with Gasteiger partial charge in [-0.2, -0.15) is 0 Å². The first kappa shape index (κ1) is 13.9. The Bertz CT molecular complexity index is 262. The van der Waals surface area contributed by atoms with Crippen molar-refractivity contribution >= 4 is 11.8 Å². The van der Waals surface area contributed by atoms with E-state index in [2.05, 4.69) is 10.6 Å². The molecule has 0 radical (unpaired) electrons. The SMILES string of the molecule is CNC(=O)CN(C)CC(=O)N1CCCNCC1. The summed E-state index contributed by atoms with van der Waals surface area (Å²) in [7, 11) is 3.38. The summed E-state index contributed by atoms with van der Waals surface area (Å²) in [4.78, 5) is 26.7. The maximum Gasteiger partial charge on any atom is 0.236 e. The van der Waals surface area contributed by atoms with Gasteiger partial charge in [-0.1, -0.05) is 0 Å². The van der Waals surface area contributed by atoms with Gasteiger partial charge in [-0.05, 0) is 20.0 Å². The average Bonchev–Trinajstić information content (AvgIpc) is 2.57. The molecule has 1 heterocycles. The Morgan fingerprint density at radius 3 is 2.76 bits per heavy atom. The van der Waals surface area contributed by atoms with Crippen molar-refractivity contribution < 1.29 is 9.59 Å². The van der Waals surface area contributed by atoms with Gasteiger partial charge in [0.05, 0.1) is 13.1 Å². The zero-order chi connectivity index (χ0) is 12.7. The van der Waals surface area contributed by atoms with Gasteiger partial charge in [-0.3, -0.25) is 14.5 Å². The molecule has 0 aliphatic carbocycles. The molecule has 0 saturated carbocycles. The second-order valence-corrected chi connectivity index (χ2v) is 4.33. The highest BCUT2D eigenvalue weighted by Crippen LogP contribution is 1.97. The molecule has 1 rings (SSSR count). The van der Waals surface area contributed by atoms with E-state index in [9.17, 15) is 9.59 Å². The molecule has 0 unspecified atom stereocenters. The lowest BCUT2D eigenvalue weighted by Gasteiger charge is -2.23. The van der Waals surface area contributed by atoms with Crippen LogP contribution in [-0.2, 0) is 9.59 Å². The van der Waals surface area contributed by atoms with Gasteiger partial charge in [0.2, 0.25) is 11.8 Å². The summed E-state index contributed by atoms with van der Waals surface area (Å²) in [5.74, 6) is 0.0259. The number of nitrogens with one attached hydrogen (secondary N) is 2. The Morgan fingerprint density at radius 2 is 2.06 bits per heavy atom. The smallest absolute Gasteiger partial charge is 0.236 e. The van der Waals surface area contributed by atoms with Crippen LogP contribution in [0.3, 0.4) is 0 Å². The van der Waals surface area contributed by atoms with Crippen molar-refractivity contribution in [3.63, 3.8) is 0 Å². The third kappa shape index (κ3) is 5.14. The Balaban J connectivity index is 2.33. The van der Waals surface area contributed by atoms with E-state index in [1.165, 1.54) is 0 Å². The average molecular weight is 242 g/mol. The lowest BCUT2D eigenvalue weighted by Crippen LogP contribution is -2.43. The summed E-state index contributed by atoms with van der Waals surface area (Å²) in [6, 6.07) is 0. The Kier molecular flexibility index (Phi) is 5.93. The van der Waals surface area contributed by atoms with E-state index in [1.807, 2.05) is 4.90 Å². The van der Waals surface area contributed by atoms with Crippen LogP contribution in [0.2, 0.25) is 0 Å². The number of carbonyl (C=O) groups excluding carboxylic acids is 2. The van der Waals surface area contributed by atoms with Crippen LogP contribution < -0.4 is 10.6 Å². The highest BCUT2D eigenvalue weighted by molar-refractivity contribution is 5.81. The van der Waals surface area contributed by atoms with Crippen molar-refractivity contribution in [3.8, 4) is 0 Å². The van der Waals surface area contributed by atoms with Crippen LogP contribution in [-0.4, -0.2) is 75.0 Å². The number of nitrogens with zero attached hydrogens (tertiary/aromatic N) is 2. The van der Waals surface area contributed by atoms with Gasteiger partial charge in [0, 0.05) is 26.7 Å². The lowest BCUT2D eigenvalue weighted by atomic mass is 10.3. The molecule has 0 spiro atoms. The minimum atomic E-state index is -0.0715. The van der Waals surface area contributed by atoms with E-state index in [1.54, 1.807) is 19.0 Å². The molecule has 2 N–H and O–H groups in total. The summed E-state index contributed by atoms with van der Waals surface area (Å²) in [5.41, 5.74) is 0. The van der Waals surface area contributed by atoms with Crippen LogP contribution in [0.15, 0.2) is 0 Å². The van der Waals surface area contributed by atoms with E-state index in [4.69, 9.17) is 0 Å². The van der Waals surface area contributed by atoms with E-state index in [0.29, 0.717) is 6.54 Å².